The summed E-state index contributed by atoms with van der Waals surface area (Å²) in [4.78, 5) is 0.0599. The zero-order valence-corrected chi connectivity index (χ0v) is 15.8. The predicted octanol–water partition coefficient (Wildman–Crippen LogP) is 2.66. The van der Waals surface area contributed by atoms with Gasteiger partial charge in [-0.15, -0.1) is 0 Å². The molecule has 8 heteroatoms. The Bertz CT molecular complexity index is 981. The van der Waals surface area contributed by atoms with Gasteiger partial charge in [-0.1, -0.05) is 36.4 Å². The molecule has 2 rings (SSSR count). The van der Waals surface area contributed by atoms with Crippen LogP contribution in [0.25, 0.3) is 6.08 Å². The van der Waals surface area contributed by atoms with E-state index in [9.17, 15) is 16.8 Å². The van der Waals surface area contributed by atoms with Crippen LogP contribution in [0, 0.1) is 6.92 Å². The molecule has 2 aromatic rings. The van der Waals surface area contributed by atoms with Crippen LogP contribution in [0.15, 0.2) is 58.8 Å². The second kappa shape index (κ2) is 7.38. The lowest BCUT2D eigenvalue weighted by molar-refractivity contribution is 0.520. The number of rotatable bonds is 6. The van der Waals surface area contributed by atoms with Crippen molar-refractivity contribution < 1.29 is 16.8 Å². The lowest BCUT2D eigenvalue weighted by Crippen LogP contribution is -2.23. The van der Waals surface area contributed by atoms with Gasteiger partial charge >= 0.3 is 0 Å². The summed E-state index contributed by atoms with van der Waals surface area (Å²) in [6.07, 6.45) is 1.47. The van der Waals surface area contributed by atoms with Crippen LogP contribution in [0.2, 0.25) is 0 Å². The second-order valence-electron chi connectivity index (χ2n) is 5.63. The van der Waals surface area contributed by atoms with Crippen LogP contribution in [-0.4, -0.2) is 35.2 Å². The first-order chi connectivity index (χ1) is 11.6. The summed E-state index contributed by atoms with van der Waals surface area (Å²) in [6.45, 7) is 1.66. The molecule has 0 aromatic heterocycles. The van der Waals surface area contributed by atoms with E-state index < -0.39 is 20.0 Å². The Labute approximate surface area is 148 Å². The molecule has 0 saturated heterocycles. The Balaban J connectivity index is 2.30. The monoisotopic (exact) mass is 380 g/mol. The van der Waals surface area contributed by atoms with E-state index in [1.54, 1.807) is 37.3 Å². The summed E-state index contributed by atoms with van der Waals surface area (Å²) in [6, 6.07) is 13.4. The van der Waals surface area contributed by atoms with Gasteiger partial charge in [0.05, 0.1) is 16.0 Å². The van der Waals surface area contributed by atoms with Gasteiger partial charge in [0.15, 0.2) is 0 Å². The Kier molecular flexibility index (Phi) is 5.66. The minimum Gasteiger partial charge on any atom is -0.280 e. The zero-order chi connectivity index (χ0) is 18.7. The normalized spacial score (nSPS) is 12.6. The standard InChI is InChI=1S/C17H20N2O4S2/c1-14-9-10-16(13-17(14)25(22,23)19(2)3)18-24(20,21)12-11-15-7-5-4-6-8-15/h4-13,18H,1-3H3/b12-11+. The van der Waals surface area contributed by atoms with Crippen LogP contribution in [0.3, 0.4) is 0 Å². The first-order valence-corrected chi connectivity index (χ1v) is 10.4. The Hall–Kier alpha value is -2.16. The Morgan fingerprint density at radius 2 is 1.60 bits per heavy atom. The van der Waals surface area contributed by atoms with Crippen LogP contribution in [-0.2, 0) is 20.0 Å². The largest absolute Gasteiger partial charge is 0.280 e. The molecule has 134 valence electrons. The van der Waals surface area contributed by atoms with Crippen molar-refractivity contribution in [2.45, 2.75) is 11.8 Å². The van der Waals surface area contributed by atoms with Gasteiger partial charge in [0.25, 0.3) is 10.0 Å². The van der Waals surface area contributed by atoms with Crippen LogP contribution >= 0.6 is 0 Å². The van der Waals surface area contributed by atoms with E-state index in [1.165, 1.54) is 32.3 Å². The molecule has 6 nitrogen and oxygen atoms in total. The molecular formula is C17H20N2O4S2. The highest BCUT2D eigenvalue weighted by molar-refractivity contribution is 7.95. The Morgan fingerprint density at radius 1 is 0.960 bits per heavy atom. The number of hydrogen-bond donors (Lipinski definition) is 1. The summed E-state index contributed by atoms with van der Waals surface area (Å²) in [5.74, 6) is 0. The molecule has 0 bridgehead atoms. The Morgan fingerprint density at radius 3 is 2.20 bits per heavy atom. The molecule has 0 spiro atoms. The number of anilines is 1. The van der Waals surface area contributed by atoms with Crippen molar-refractivity contribution in [3.05, 3.63) is 65.1 Å². The predicted molar refractivity (Wildman–Crippen MR) is 100 cm³/mol. The summed E-state index contributed by atoms with van der Waals surface area (Å²) < 4.78 is 52.5. The zero-order valence-electron chi connectivity index (χ0n) is 14.2. The third kappa shape index (κ3) is 4.91. The third-order valence-corrected chi connectivity index (χ3v) is 6.42. The van der Waals surface area contributed by atoms with Crippen molar-refractivity contribution in [1.29, 1.82) is 0 Å². The lowest BCUT2D eigenvalue weighted by Gasteiger charge is -2.15. The molecule has 0 radical (unpaired) electrons. The van der Waals surface area contributed by atoms with E-state index in [1.807, 2.05) is 6.07 Å². The fraction of sp³-hybridized carbons (Fsp3) is 0.176. The number of hydrogen-bond acceptors (Lipinski definition) is 4. The second-order valence-corrected chi connectivity index (χ2v) is 9.31. The van der Waals surface area contributed by atoms with Crippen LogP contribution in [0.1, 0.15) is 11.1 Å². The maximum absolute atomic E-state index is 12.3. The maximum Gasteiger partial charge on any atom is 0.255 e. The van der Waals surface area contributed by atoms with E-state index in [0.717, 1.165) is 15.3 Å². The van der Waals surface area contributed by atoms with Gasteiger partial charge in [-0.05, 0) is 36.3 Å². The highest BCUT2D eigenvalue weighted by Gasteiger charge is 2.20. The van der Waals surface area contributed by atoms with Crippen molar-refractivity contribution in [3.8, 4) is 0 Å². The minimum absolute atomic E-state index is 0.0599. The number of nitrogens with zero attached hydrogens (tertiary/aromatic N) is 1. The molecule has 0 aliphatic carbocycles. The van der Waals surface area contributed by atoms with E-state index in [0.29, 0.717) is 5.56 Å². The van der Waals surface area contributed by atoms with Crippen molar-refractivity contribution >= 4 is 31.8 Å². The first kappa shape index (κ1) is 19.2. The molecule has 0 unspecified atom stereocenters. The molecule has 0 fully saturated rings. The van der Waals surface area contributed by atoms with Crippen LogP contribution < -0.4 is 4.72 Å². The molecule has 2 aromatic carbocycles. The molecule has 0 aliphatic heterocycles. The van der Waals surface area contributed by atoms with E-state index in [2.05, 4.69) is 4.72 Å². The average molecular weight is 380 g/mol. The van der Waals surface area contributed by atoms with Gasteiger partial charge in [0.2, 0.25) is 10.0 Å². The lowest BCUT2D eigenvalue weighted by atomic mass is 10.2. The maximum atomic E-state index is 12.3. The summed E-state index contributed by atoms with van der Waals surface area (Å²) >= 11 is 0. The number of benzene rings is 2. The van der Waals surface area contributed by atoms with Gasteiger partial charge in [0.1, 0.15) is 0 Å². The SMILES string of the molecule is Cc1ccc(NS(=O)(=O)/C=C/c2ccccc2)cc1S(=O)(=O)N(C)C. The molecule has 0 saturated carbocycles. The summed E-state index contributed by atoms with van der Waals surface area (Å²) in [7, 11) is -4.58. The number of sulfonamides is 2. The number of nitrogens with one attached hydrogen (secondary N) is 1. The van der Waals surface area contributed by atoms with Gasteiger partial charge < -0.3 is 0 Å². The van der Waals surface area contributed by atoms with E-state index in [-0.39, 0.29) is 10.6 Å². The van der Waals surface area contributed by atoms with Gasteiger partial charge in [-0.2, -0.15) is 0 Å². The summed E-state index contributed by atoms with van der Waals surface area (Å²) in [5.41, 5.74) is 1.47. The molecule has 1 N–H and O–H groups in total. The number of aryl methyl sites for hydroxylation is 1. The van der Waals surface area contributed by atoms with Gasteiger partial charge in [0, 0.05) is 14.1 Å². The molecule has 0 atom stereocenters. The van der Waals surface area contributed by atoms with E-state index in [4.69, 9.17) is 0 Å². The quantitative estimate of drug-likeness (QED) is 0.835. The van der Waals surface area contributed by atoms with Crippen molar-refractivity contribution in [2.75, 3.05) is 18.8 Å². The van der Waals surface area contributed by atoms with E-state index >= 15 is 0 Å². The van der Waals surface area contributed by atoms with Crippen molar-refractivity contribution in [2.24, 2.45) is 0 Å². The van der Waals surface area contributed by atoms with Crippen LogP contribution in [0.5, 0.6) is 0 Å². The first-order valence-electron chi connectivity index (χ1n) is 7.41. The highest BCUT2D eigenvalue weighted by atomic mass is 32.2. The fourth-order valence-electron chi connectivity index (χ4n) is 2.07. The average Bonchev–Trinajstić information content (AvgIpc) is 2.55. The van der Waals surface area contributed by atoms with Crippen molar-refractivity contribution in [3.63, 3.8) is 0 Å². The summed E-state index contributed by atoms with van der Waals surface area (Å²) in [5, 5.41) is 1.04. The van der Waals surface area contributed by atoms with Crippen LogP contribution in [0.4, 0.5) is 5.69 Å². The topological polar surface area (TPSA) is 83.5 Å². The third-order valence-electron chi connectivity index (χ3n) is 3.45. The van der Waals surface area contributed by atoms with Gasteiger partial charge in [-0.25, -0.2) is 21.1 Å². The minimum atomic E-state index is -3.77. The highest BCUT2D eigenvalue weighted by Crippen LogP contribution is 2.23. The van der Waals surface area contributed by atoms with Gasteiger partial charge in [-0.3, -0.25) is 4.72 Å². The molecule has 0 heterocycles. The molecular weight excluding hydrogens is 360 g/mol. The fourth-order valence-corrected chi connectivity index (χ4v) is 4.07. The molecule has 25 heavy (non-hydrogen) atoms. The smallest absolute Gasteiger partial charge is 0.255 e. The molecule has 0 aliphatic rings. The molecule has 0 amide bonds. The van der Waals surface area contributed by atoms with Crippen molar-refractivity contribution in [1.82, 2.24) is 4.31 Å².